The van der Waals surface area contributed by atoms with Crippen LogP contribution < -0.4 is 15.8 Å². The standard InChI is InChI=1S/C15H25N3O2/c1-18(2)11-6-5-10-17-15(19)9-12-20-14-8-4-3-7-13(14)16/h3-4,7-8H,5-6,9-12,16H2,1-2H3,(H,17,19). The number of nitrogens with zero attached hydrogens (tertiary/aromatic N) is 1. The van der Waals surface area contributed by atoms with E-state index in [1.54, 1.807) is 12.1 Å². The van der Waals surface area contributed by atoms with Gasteiger partial charge in [-0.25, -0.2) is 0 Å². The quantitative estimate of drug-likeness (QED) is 0.531. The SMILES string of the molecule is CN(C)CCCCNC(=O)CCOc1ccccc1N. The first-order valence-corrected chi connectivity index (χ1v) is 6.98. The van der Waals surface area contributed by atoms with Crippen molar-refractivity contribution < 1.29 is 9.53 Å². The normalized spacial score (nSPS) is 10.6. The number of ether oxygens (including phenoxy) is 1. The number of rotatable bonds is 9. The molecule has 0 unspecified atom stereocenters. The molecular formula is C15H25N3O2. The molecule has 112 valence electrons. The first-order chi connectivity index (χ1) is 9.59. The fourth-order valence-corrected chi connectivity index (χ4v) is 1.73. The molecule has 0 atom stereocenters. The van der Waals surface area contributed by atoms with E-state index in [-0.39, 0.29) is 5.91 Å². The van der Waals surface area contributed by atoms with Crippen LogP contribution in [-0.2, 0) is 4.79 Å². The Balaban J connectivity index is 2.07. The summed E-state index contributed by atoms with van der Waals surface area (Å²) in [6, 6.07) is 7.29. The van der Waals surface area contributed by atoms with Crippen LogP contribution in [0.5, 0.6) is 5.75 Å². The second-order valence-corrected chi connectivity index (χ2v) is 5.00. The predicted octanol–water partition coefficient (Wildman–Crippen LogP) is 1.50. The second-order valence-electron chi connectivity index (χ2n) is 5.00. The summed E-state index contributed by atoms with van der Waals surface area (Å²) in [5, 5.41) is 2.89. The lowest BCUT2D eigenvalue weighted by Gasteiger charge is -2.10. The summed E-state index contributed by atoms with van der Waals surface area (Å²) in [4.78, 5) is 13.7. The summed E-state index contributed by atoms with van der Waals surface area (Å²) in [6.07, 6.45) is 2.43. The van der Waals surface area contributed by atoms with E-state index in [4.69, 9.17) is 10.5 Å². The van der Waals surface area contributed by atoms with Gasteiger partial charge < -0.3 is 20.7 Å². The van der Waals surface area contributed by atoms with E-state index in [2.05, 4.69) is 10.2 Å². The predicted molar refractivity (Wildman–Crippen MR) is 81.8 cm³/mol. The molecule has 0 aromatic heterocycles. The molecule has 0 radical (unpaired) electrons. The molecule has 1 aromatic rings. The minimum Gasteiger partial charge on any atom is -0.491 e. The molecule has 3 N–H and O–H groups in total. The van der Waals surface area contributed by atoms with Crippen molar-refractivity contribution in [1.82, 2.24) is 10.2 Å². The molecule has 0 heterocycles. The topological polar surface area (TPSA) is 67.6 Å². The summed E-state index contributed by atoms with van der Waals surface area (Å²) in [5.74, 6) is 0.649. The van der Waals surface area contributed by atoms with Gasteiger partial charge in [0.15, 0.2) is 0 Å². The van der Waals surface area contributed by atoms with E-state index < -0.39 is 0 Å². The summed E-state index contributed by atoms with van der Waals surface area (Å²) < 4.78 is 5.47. The Labute approximate surface area is 121 Å². The second kappa shape index (κ2) is 9.20. The molecule has 1 aromatic carbocycles. The van der Waals surface area contributed by atoms with Crippen molar-refractivity contribution in [3.05, 3.63) is 24.3 Å². The van der Waals surface area contributed by atoms with E-state index in [0.717, 1.165) is 25.9 Å². The Morgan fingerprint density at radius 1 is 1.30 bits per heavy atom. The van der Waals surface area contributed by atoms with Gasteiger partial charge in [0.1, 0.15) is 5.75 Å². The van der Waals surface area contributed by atoms with Crippen molar-refractivity contribution in [2.45, 2.75) is 19.3 Å². The number of benzene rings is 1. The Kier molecular flexibility index (Phi) is 7.50. The van der Waals surface area contributed by atoms with Crippen LogP contribution in [0.25, 0.3) is 0 Å². The Morgan fingerprint density at radius 3 is 2.75 bits per heavy atom. The molecule has 0 aliphatic carbocycles. The molecular weight excluding hydrogens is 254 g/mol. The van der Waals surface area contributed by atoms with E-state index in [0.29, 0.717) is 24.5 Å². The zero-order valence-electron chi connectivity index (χ0n) is 12.4. The van der Waals surface area contributed by atoms with Gasteiger partial charge in [0.2, 0.25) is 5.91 Å². The number of carbonyl (C=O) groups is 1. The smallest absolute Gasteiger partial charge is 0.223 e. The highest BCUT2D eigenvalue weighted by atomic mass is 16.5. The Bertz CT molecular complexity index is 408. The molecule has 0 saturated heterocycles. The van der Waals surface area contributed by atoms with Crippen LogP contribution >= 0.6 is 0 Å². The molecule has 5 heteroatoms. The van der Waals surface area contributed by atoms with Crippen molar-refractivity contribution in [1.29, 1.82) is 0 Å². The number of amides is 1. The zero-order valence-corrected chi connectivity index (χ0v) is 12.4. The number of nitrogens with two attached hydrogens (primary N) is 1. The van der Waals surface area contributed by atoms with Crippen LogP contribution in [0.4, 0.5) is 5.69 Å². The largest absolute Gasteiger partial charge is 0.491 e. The van der Waals surface area contributed by atoms with Crippen LogP contribution in [-0.4, -0.2) is 44.6 Å². The van der Waals surface area contributed by atoms with Crippen molar-refractivity contribution in [2.75, 3.05) is 39.5 Å². The van der Waals surface area contributed by atoms with E-state index in [1.807, 2.05) is 26.2 Å². The number of hydrogen-bond acceptors (Lipinski definition) is 4. The monoisotopic (exact) mass is 279 g/mol. The lowest BCUT2D eigenvalue weighted by molar-refractivity contribution is -0.121. The molecule has 0 saturated carbocycles. The third-order valence-electron chi connectivity index (χ3n) is 2.86. The maximum absolute atomic E-state index is 11.6. The van der Waals surface area contributed by atoms with Gasteiger partial charge in [-0.3, -0.25) is 4.79 Å². The molecule has 0 fully saturated rings. The average molecular weight is 279 g/mol. The fraction of sp³-hybridized carbons (Fsp3) is 0.533. The highest BCUT2D eigenvalue weighted by Crippen LogP contribution is 2.19. The molecule has 0 spiro atoms. The third-order valence-corrected chi connectivity index (χ3v) is 2.86. The summed E-state index contributed by atoms with van der Waals surface area (Å²) in [6.45, 7) is 2.12. The number of hydrogen-bond donors (Lipinski definition) is 2. The number of anilines is 1. The van der Waals surface area contributed by atoms with E-state index >= 15 is 0 Å². The average Bonchev–Trinajstić information content (AvgIpc) is 2.40. The van der Waals surface area contributed by atoms with Crippen molar-refractivity contribution in [2.24, 2.45) is 0 Å². The summed E-state index contributed by atoms with van der Waals surface area (Å²) >= 11 is 0. The van der Waals surface area contributed by atoms with Crippen molar-refractivity contribution in [3.8, 4) is 5.75 Å². The van der Waals surface area contributed by atoms with Crippen LogP contribution in [0.1, 0.15) is 19.3 Å². The molecule has 0 aliphatic rings. The van der Waals surface area contributed by atoms with Gasteiger partial charge in [-0.1, -0.05) is 12.1 Å². The van der Waals surface area contributed by atoms with Gasteiger partial charge in [-0.2, -0.15) is 0 Å². The highest BCUT2D eigenvalue weighted by molar-refractivity contribution is 5.75. The molecule has 1 rings (SSSR count). The number of carbonyl (C=O) groups excluding carboxylic acids is 1. The Morgan fingerprint density at radius 2 is 2.05 bits per heavy atom. The fourth-order valence-electron chi connectivity index (χ4n) is 1.73. The number of para-hydroxylation sites is 2. The molecule has 20 heavy (non-hydrogen) atoms. The van der Waals surface area contributed by atoms with Gasteiger partial charge in [0.05, 0.1) is 18.7 Å². The van der Waals surface area contributed by atoms with Crippen LogP contribution in [0.2, 0.25) is 0 Å². The van der Waals surface area contributed by atoms with Gasteiger partial charge >= 0.3 is 0 Å². The van der Waals surface area contributed by atoms with Gasteiger partial charge in [-0.05, 0) is 45.6 Å². The zero-order chi connectivity index (χ0) is 14.8. The van der Waals surface area contributed by atoms with Crippen molar-refractivity contribution >= 4 is 11.6 Å². The maximum Gasteiger partial charge on any atom is 0.223 e. The van der Waals surface area contributed by atoms with Crippen LogP contribution in [0.15, 0.2) is 24.3 Å². The lowest BCUT2D eigenvalue weighted by atomic mass is 10.3. The minimum atomic E-state index is 0.0179. The highest BCUT2D eigenvalue weighted by Gasteiger charge is 2.03. The molecule has 0 bridgehead atoms. The number of unbranched alkanes of at least 4 members (excludes halogenated alkanes) is 1. The summed E-state index contributed by atoms with van der Waals surface area (Å²) in [5.41, 5.74) is 6.34. The molecule has 1 amide bonds. The van der Waals surface area contributed by atoms with E-state index in [9.17, 15) is 4.79 Å². The molecule has 0 aliphatic heterocycles. The van der Waals surface area contributed by atoms with E-state index in [1.165, 1.54) is 0 Å². The third kappa shape index (κ3) is 6.99. The van der Waals surface area contributed by atoms with Crippen LogP contribution in [0, 0.1) is 0 Å². The van der Waals surface area contributed by atoms with Gasteiger partial charge in [0.25, 0.3) is 0 Å². The van der Waals surface area contributed by atoms with Gasteiger partial charge in [0, 0.05) is 6.54 Å². The number of nitrogens with one attached hydrogen (secondary N) is 1. The van der Waals surface area contributed by atoms with Crippen LogP contribution in [0.3, 0.4) is 0 Å². The lowest BCUT2D eigenvalue weighted by Crippen LogP contribution is -2.26. The van der Waals surface area contributed by atoms with Crippen molar-refractivity contribution in [3.63, 3.8) is 0 Å². The Hall–Kier alpha value is -1.75. The molecule has 5 nitrogen and oxygen atoms in total. The first kappa shape index (κ1) is 16.3. The summed E-state index contributed by atoms with van der Waals surface area (Å²) in [7, 11) is 4.09. The van der Waals surface area contributed by atoms with Gasteiger partial charge in [-0.15, -0.1) is 0 Å². The maximum atomic E-state index is 11.6. The number of nitrogen functional groups attached to an aromatic ring is 1. The first-order valence-electron chi connectivity index (χ1n) is 6.98. The minimum absolute atomic E-state index is 0.0179.